The third-order valence-corrected chi connectivity index (χ3v) is 6.21. The summed E-state index contributed by atoms with van der Waals surface area (Å²) in [6, 6.07) is 10.4. The Bertz CT molecular complexity index is 593. The SMILES string of the molecule is O=C1OC(CN2CCC(OCc3ccccc3)CC2)CC12CCNCC2. The van der Waals surface area contributed by atoms with Crippen LogP contribution in [0.15, 0.2) is 30.3 Å². The zero-order valence-corrected chi connectivity index (χ0v) is 15.5. The molecule has 142 valence electrons. The first-order valence-electron chi connectivity index (χ1n) is 10.0. The lowest BCUT2D eigenvalue weighted by Crippen LogP contribution is -2.41. The molecule has 1 unspecified atom stereocenters. The van der Waals surface area contributed by atoms with Gasteiger partial charge < -0.3 is 14.8 Å². The molecule has 3 aliphatic heterocycles. The molecule has 1 aromatic carbocycles. The molecular weight excluding hydrogens is 328 g/mol. The Labute approximate surface area is 156 Å². The summed E-state index contributed by atoms with van der Waals surface area (Å²) >= 11 is 0. The van der Waals surface area contributed by atoms with E-state index in [0.717, 1.165) is 64.8 Å². The van der Waals surface area contributed by atoms with Crippen LogP contribution in [0.5, 0.6) is 0 Å². The lowest BCUT2D eigenvalue weighted by atomic mass is 9.76. The first-order valence-corrected chi connectivity index (χ1v) is 10.0. The van der Waals surface area contributed by atoms with Crippen molar-refractivity contribution in [3.8, 4) is 0 Å². The Morgan fingerprint density at radius 1 is 1.15 bits per heavy atom. The maximum atomic E-state index is 12.4. The summed E-state index contributed by atoms with van der Waals surface area (Å²) < 4.78 is 11.8. The molecule has 3 heterocycles. The van der Waals surface area contributed by atoms with Crippen LogP contribution in [0.1, 0.15) is 37.7 Å². The number of ether oxygens (including phenoxy) is 2. The van der Waals surface area contributed by atoms with Crippen LogP contribution in [0.25, 0.3) is 0 Å². The zero-order valence-electron chi connectivity index (χ0n) is 15.5. The van der Waals surface area contributed by atoms with Crippen LogP contribution in [0.4, 0.5) is 0 Å². The summed E-state index contributed by atoms with van der Waals surface area (Å²) in [5.41, 5.74) is 1.03. The number of carbonyl (C=O) groups is 1. The topological polar surface area (TPSA) is 50.8 Å². The standard InChI is InChI=1S/C21H30N2O3/c24-20-21(8-10-22-11-9-21)14-19(26-20)15-23-12-6-18(7-13-23)25-16-17-4-2-1-3-5-17/h1-5,18-19,22H,6-16H2. The van der Waals surface area contributed by atoms with Crippen LogP contribution in [0, 0.1) is 5.41 Å². The van der Waals surface area contributed by atoms with Gasteiger partial charge in [-0.2, -0.15) is 0 Å². The van der Waals surface area contributed by atoms with Crippen LogP contribution >= 0.6 is 0 Å². The second-order valence-electron chi connectivity index (χ2n) is 8.06. The molecule has 3 aliphatic rings. The van der Waals surface area contributed by atoms with Crippen molar-refractivity contribution in [3.63, 3.8) is 0 Å². The number of hydrogen-bond acceptors (Lipinski definition) is 5. The highest BCUT2D eigenvalue weighted by atomic mass is 16.6. The van der Waals surface area contributed by atoms with Crippen molar-refractivity contribution in [1.29, 1.82) is 0 Å². The minimum Gasteiger partial charge on any atom is -0.461 e. The molecule has 4 rings (SSSR count). The summed E-state index contributed by atoms with van der Waals surface area (Å²) in [7, 11) is 0. The van der Waals surface area contributed by atoms with E-state index in [1.807, 2.05) is 6.07 Å². The van der Waals surface area contributed by atoms with Crippen LogP contribution < -0.4 is 5.32 Å². The van der Waals surface area contributed by atoms with Crippen LogP contribution in [0.2, 0.25) is 0 Å². The quantitative estimate of drug-likeness (QED) is 0.819. The lowest BCUT2D eigenvalue weighted by molar-refractivity contribution is -0.150. The molecule has 1 atom stereocenters. The largest absolute Gasteiger partial charge is 0.461 e. The predicted molar refractivity (Wildman–Crippen MR) is 99.7 cm³/mol. The van der Waals surface area contributed by atoms with E-state index >= 15 is 0 Å². The fourth-order valence-electron chi connectivity index (χ4n) is 4.59. The minimum absolute atomic E-state index is 0.0464. The number of nitrogens with one attached hydrogen (secondary N) is 1. The molecule has 0 radical (unpaired) electrons. The van der Waals surface area contributed by atoms with Gasteiger partial charge in [0.2, 0.25) is 0 Å². The maximum absolute atomic E-state index is 12.4. The first kappa shape index (κ1) is 18.0. The van der Waals surface area contributed by atoms with Gasteiger partial charge in [-0.15, -0.1) is 0 Å². The number of benzene rings is 1. The third-order valence-electron chi connectivity index (χ3n) is 6.21. The van der Waals surface area contributed by atoms with E-state index in [0.29, 0.717) is 12.7 Å². The molecule has 0 bridgehead atoms. The van der Waals surface area contributed by atoms with Crippen LogP contribution in [-0.4, -0.2) is 55.8 Å². The van der Waals surface area contributed by atoms with Crippen molar-refractivity contribution in [2.75, 3.05) is 32.7 Å². The van der Waals surface area contributed by atoms with E-state index in [1.54, 1.807) is 0 Å². The van der Waals surface area contributed by atoms with Gasteiger partial charge in [0.15, 0.2) is 0 Å². The molecule has 3 fully saturated rings. The molecule has 5 nitrogen and oxygen atoms in total. The summed E-state index contributed by atoms with van der Waals surface area (Å²) in [6.07, 6.45) is 5.29. The lowest BCUT2D eigenvalue weighted by Gasteiger charge is -2.33. The van der Waals surface area contributed by atoms with Crippen LogP contribution in [-0.2, 0) is 20.9 Å². The highest BCUT2D eigenvalue weighted by Gasteiger charge is 2.49. The molecular formula is C21H30N2O3. The summed E-state index contributed by atoms with van der Waals surface area (Å²) in [5, 5.41) is 3.35. The Hall–Kier alpha value is -1.43. The summed E-state index contributed by atoms with van der Waals surface area (Å²) in [6.45, 7) is 5.51. The van der Waals surface area contributed by atoms with E-state index in [1.165, 1.54) is 5.56 Å². The maximum Gasteiger partial charge on any atom is 0.312 e. The number of rotatable bonds is 5. The third kappa shape index (κ3) is 4.11. The van der Waals surface area contributed by atoms with Gasteiger partial charge in [-0.3, -0.25) is 9.69 Å². The highest BCUT2D eigenvalue weighted by molar-refractivity contribution is 5.79. The van der Waals surface area contributed by atoms with E-state index in [-0.39, 0.29) is 17.5 Å². The Balaban J connectivity index is 1.20. The van der Waals surface area contributed by atoms with Crippen molar-refractivity contribution < 1.29 is 14.3 Å². The number of carbonyl (C=O) groups excluding carboxylic acids is 1. The second-order valence-corrected chi connectivity index (χ2v) is 8.06. The van der Waals surface area contributed by atoms with Gasteiger partial charge in [0.05, 0.1) is 18.1 Å². The van der Waals surface area contributed by atoms with Crippen LogP contribution in [0.3, 0.4) is 0 Å². The molecule has 0 aromatic heterocycles. The molecule has 26 heavy (non-hydrogen) atoms. The van der Waals surface area contributed by atoms with Gasteiger partial charge in [0, 0.05) is 26.1 Å². The molecule has 1 spiro atoms. The van der Waals surface area contributed by atoms with E-state index in [9.17, 15) is 4.79 Å². The normalized spacial score (nSPS) is 26.9. The fourth-order valence-corrected chi connectivity index (χ4v) is 4.59. The van der Waals surface area contributed by atoms with Gasteiger partial charge in [-0.05, 0) is 44.3 Å². The van der Waals surface area contributed by atoms with Gasteiger partial charge in [-0.25, -0.2) is 0 Å². The molecule has 3 saturated heterocycles. The molecule has 0 aliphatic carbocycles. The molecule has 1 N–H and O–H groups in total. The van der Waals surface area contributed by atoms with Crippen molar-refractivity contribution >= 4 is 5.97 Å². The Morgan fingerprint density at radius 3 is 2.62 bits per heavy atom. The summed E-state index contributed by atoms with van der Waals surface area (Å²) in [4.78, 5) is 14.8. The van der Waals surface area contributed by atoms with Gasteiger partial charge >= 0.3 is 5.97 Å². The van der Waals surface area contributed by atoms with Gasteiger partial charge in [0.1, 0.15) is 6.10 Å². The fraction of sp³-hybridized carbons (Fsp3) is 0.667. The molecule has 0 amide bonds. The van der Waals surface area contributed by atoms with Gasteiger partial charge in [0.25, 0.3) is 0 Å². The molecule has 1 aromatic rings. The number of nitrogens with zero attached hydrogens (tertiary/aromatic N) is 1. The van der Waals surface area contributed by atoms with Gasteiger partial charge in [-0.1, -0.05) is 30.3 Å². The smallest absolute Gasteiger partial charge is 0.312 e. The number of esters is 1. The van der Waals surface area contributed by atoms with Crippen molar-refractivity contribution in [2.45, 2.75) is 50.9 Å². The molecule has 5 heteroatoms. The Morgan fingerprint density at radius 2 is 1.88 bits per heavy atom. The number of likely N-dealkylation sites (tertiary alicyclic amines) is 1. The average molecular weight is 358 g/mol. The minimum atomic E-state index is -0.201. The monoisotopic (exact) mass is 358 g/mol. The highest BCUT2D eigenvalue weighted by Crippen LogP contribution is 2.41. The number of hydrogen-bond donors (Lipinski definition) is 1. The zero-order chi connectivity index (χ0) is 17.8. The predicted octanol–water partition coefficient (Wildman–Crippen LogP) is 2.35. The van der Waals surface area contributed by atoms with E-state index in [4.69, 9.17) is 9.47 Å². The van der Waals surface area contributed by atoms with Crippen molar-refractivity contribution in [2.24, 2.45) is 5.41 Å². The number of cyclic esters (lactones) is 1. The average Bonchev–Trinajstić information content (AvgIpc) is 2.97. The van der Waals surface area contributed by atoms with E-state index in [2.05, 4.69) is 34.5 Å². The van der Waals surface area contributed by atoms with E-state index < -0.39 is 0 Å². The van der Waals surface area contributed by atoms with Crippen molar-refractivity contribution in [1.82, 2.24) is 10.2 Å². The Kier molecular flexibility index (Phi) is 5.57. The molecule has 0 saturated carbocycles. The first-order chi connectivity index (χ1) is 12.7. The number of piperidine rings is 2. The summed E-state index contributed by atoms with van der Waals surface area (Å²) in [5.74, 6) is 0.0464. The van der Waals surface area contributed by atoms with Crippen molar-refractivity contribution in [3.05, 3.63) is 35.9 Å². The second kappa shape index (κ2) is 8.07.